The molecule has 2 heterocycles. The number of hydrogen-bond acceptors (Lipinski definition) is 3. The molecule has 2 aliphatic heterocycles. The highest BCUT2D eigenvalue weighted by Gasteiger charge is 2.37. The number of carbonyl (C=O) groups is 1. The van der Waals surface area contributed by atoms with Crippen LogP contribution in [-0.4, -0.2) is 36.0 Å². The number of fused-ring (bicyclic) bond motifs is 1. The van der Waals surface area contributed by atoms with Crippen LogP contribution in [-0.2, 0) is 17.8 Å². The van der Waals surface area contributed by atoms with Crippen molar-refractivity contribution in [2.75, 3.05) is 25.0 Å². The second-order valence-corrected chi connectivity index (χ2v) is 7.86. The minimum Gasteiger partial charge on any atom is -0.379 e. The molecule has 0 aliphatic carbocycles. The zero-order valence-corrected chi connectivity index (χ0v) is 15.8. The third kappa shape index (κ3) is 4.17. The van der Waals surface area contributed by atoms with Gasteiger partial charge in [0.25, 0.3) is 0 Å². The Labute approximate surface area is 163 Å². The highest BCUT2D eigenvalue weighted by Crippen LogP contribution is 2.33. The number of piperidine rings is 1. The molecule has 0 bridgehead atoms. The third-order valence-corrected chi connectivity index (χ3v) is 5.84. The molecule has 1 saturated heterocycles. The van der Waals surface area contributed by atoms with Crippen LogP contribution in [0, 0.1) is 11.6 Å². The predicted molar refractivity (Wildman–Crippen MR) is 105 cm³/mol. The quantitative estimate of drug-likeness (QED) is 0.832. The normalized spacial score (nSPS) is 19.7. The summed E-state index contributed by atoms with van der Waals surface area (Å²) in [5, 5.41) is 6.72. The Bertz CT molecular complexity index is 863. The standard InChI is InChI=1S/C22H25F2N3O/c23-18-6-5-16(13-19(18)24)15-27-11-8-22(9-12-27)14-21(28)25-10-7-17-3-1-2-4-20(17)26-22/h1-6,13,26H,7-12,14-15H2,(H,25,28). The largest absolute Gasteiger partial charge is 0.379 e. The average molecular weight is 385 g/mol. The fourth-order valence-corrected chi connectivity index (χ4v) is 4.23. The smallest absolute Gasteiger partial charge is 0.222 e. The third-order valence-electron chi connectivity index (χ3n) is 5.84. The van der Waals surface area contributed by atoms with Gasteiger partial charge in [-0.2, -0.15) is 0 Å². The molecule has 0 saturated carbocycles. The predicted octanol–water partition coefficient (Wildman–Crippen LogP) is 3.47. The number of rotatable bonds is 2. The maximum atomic E-state index is 13.5. The van der Waals surface area contributed by atoms with E-state index >= 15 is 0 Å². The molecule has 148 valence electrons. The first-order chi connectivity index (χ1) is 13.5. The molecule has 1 fully saturated rings. The zero-order valence-electron chi connectivity index (χ0n) is 15.8. The number of halogens is 2. The first-order valence-corrected chi connectivity index (χ1v) is 9.82. The molecule has 2 aromatic rings. The highest BCUT2D eigenvalue weighted by molar-refractivity contribution is 5.78. The van der Waals surface area contributed by atoms with Gasteiger partial charge in [0.1, 0.15) is 0 Å². The molecule has 2 N–H and O–H groups in total. The molecule has 28 heavy (non-hydrogen) atoms. The maximum absolute atomic E-state index is 13.5. The van der Waals surface area contributed by atoms with Crippen molar-refractivity contribution in [2.24, 2.45) is 0 Å². The molecular weight excluding hydrogens is 360 g/mol. The number of amides is 1. The number of benzene rings is 2. The van der Waals surface area contributed by atoms with E-state index in [0.717, 1.165) is 43.6 Å². The fourth-order valence-electron chi connectivity index (χ4n) is 4.23. The van der Waals surface area contributed by atoms with Crippen LogP contribution >= 0.6 is 0 Å². The summed E-state index contributed by atoms with van der Waals surface area (Å²) >= 11 is 0. The molecular formula is C22H25F2N3O. The number of anilines is 1. The van der Waals surface area contributed by atoms with E-state index in [1.54, 1.807) is 6.07 Å². The van der Waals surface area contributed by atoms with E-state index in [4.69, 9.17) is 0 Å². The maximum Gasteiger partial charge on any atom is 0.222 e. The minimum atomic E-state index is -0.819. The van der Waals surface area contributed by atoms with E-state index in [9.17, 15) is 13.6 Å². The lowest BCUT2D eigenvalue weighted by atomic mass is 9.83. The van der Waals surface area contributed by atoms with E-state index < -0.39 is 11.6 Å². The van der Waals surface area contributed by atoms with Crippen LogP contribution in [0.5, 0.6) is 0 Å². The summed E-state index contributed by atoms with van der Waals surface area (Å²) in [6.45, 7) is 2.81. The van der Waals surface area contributed by atoms with E-state index in [0.29, 0.717) is 19.5 Å². The first kappa shape index (κ1) is 18.9. The lowest BCUT2D eigenvalue weighted by molar-refractivity contribution is -0.122. The lowest BCUT2D eigenvalue weighted by Crippen LogP contribution is -2.51. The van der Waals surface area contributed by atoms with Crippen LogP contribution in [0.4, 0.5) is 14.5 Å². The van der Waals surface area contributed by atoms with Crippen LogP contribution in [0.15, 0.2) is 42.5 Å². The number of nitrogens with one attached hydrogen (secondary N) is 2. The molecule has 1 spiro atoms. The summed E-state index contributed by atoms with van der Waals surface area (Å²) in [7, 11) is 0. The molecule has 0 unspecified atom stereocenters. The second kappa shape index (κ2) is 7.87. The number of likely N-dealkylation sites (tertiary alicyclic amines) is 1. The van der Waals surface area contributed by atoms with Gasteiger partial charge in [-0.25, -0.2) is 8.78 Å². The Morgan fingerprint density at radius 2 is 1.82 bits per heavy atom. The van der Waals surface area contributed by atoms with Crippen molar-refractivity contribution in [2.45, 2.75) is 37.8 Å². The summed E-state index contributed by atoms with van der Waals surface area (Å²) in [5.41, 5.74) is 2.80. The Morgan fingerprint density at radius 3 is 2.61 bits per heavy atom. The van der Waals surface area contributed by atoms with Crippen LogP contribution in [0.25, 0.3) is 0 Å². The van der Waals surface area contributed by atoms with Crippen LogP contribution in [0.3, 0.4) is 0 Å². The van der Waals surface area contributed by atoms with Crippen molar-refractivity contribution in [3.05, 3.63) is 65.2 Å². The summed E-state index contributed by atoms with van der Waals surface area (Å²) in [4.78, 5) is 14.6. The lowest BCUT2D eigenvalue weighted by Gasteiger charge is -2.43. The van der Waals surface area contributed by atoms with E-state index in [1.165, 1.54) is 17.7 Å². The van der Waals surface area contributed by atoms with Gasteiger partial charge >= 0.3 is 0 Å². The summed E-state index contributed by atoms with van der Waals surface area (Å²) in [6, 6.07) is 12.3. The minimum absolute atomic E-state index is 0.0781. The summed E-state index contributed by atoms with van der Waals surface area (Å²) < 4.78 is 26.6. The second-order valence-electron chi connectivity index (χ2n) is 7.86. The van der Waals surface area contributed by atoms with E-state index in [-0.39, 0.29) is 11.4 Å². The fraction of sp³-hybridized carbons (Fsp3) is 0.409. The molecule has 0 radical (unpaired) electrons. The molecule has 4 nitrogen and oxygen atoms in total. The zero-order chi connectivity index (χ0) is 19.6. The van der Waals surface area contributed by atoms with Gasteiger partial charge < -0.3 is 10.6 Å². The number of para-hydroxylation sites is 1. The van der Waals surface area contributed by atoms with Gasteiger partial charge in [0.15, 0.2) is 11.6 Å². The van der Waals surface area contributed by atoms with Crippen LogP contribution in [0.2, 0.25) is 0 Å². The van der Waals surface area contributed by atoms with Crippen molar-refractivity contribution >= 4 is 11.6 Å². The van der Waals surface area contributed by atoms with Gasteiger partial charge in [-0.1, -0.05) is 24.3 Å². The first-order valence-electron chi connectivity index (χ1n) is 9.82. The van der Waals surface area contributed by atoms with Crippen molar-refractivity contribution in [1.82, 2.24) is 10.2 Å². The number of nitrogens with zero attached hydrogens (tertiary/aromatic N) is 1. The molecule has 0 aromatic heterocycles. The summed E-state index contributed by atoms with van der Waals surface area (Å²) in [6.07, 6.45) is 2.89. The number of hydrogen-bond donors (Lipinski definition) is 2. The van der Waals surface area contributed by atoms with Crippen molar-refractivity contribution in [3.63, 3.8) is 0 Å². The molecule has 6 heteroatoms. The molecule has 0 atom stereocenters. The molecule has 2 aliphatic rings. The van der Waals surface area contributed by atoms with Gasteiger partial charge in [0.2, 0.25) is 5.91 Å². The van der Waals surface area contributed by atoms with Gasteiger partial charge in [-0.15, -0.1) is 0 Å². The van der Waals surface area contributed by atoms with Crippen LogP contribution in [0.1, 0.15) is 30.4 Å². The highest BCUT2D eigenvalue weighted by atomic mass is 19.2. The Balaban J connectivity index is 1.47. The van der Waals surface area contributed by atoms with Crippen molar-refractivity contribution in [3.8, 4) is 0 Å². The van der Waals surface area contributed by atoms with Gasteiger partial charge in [0.05, 0.1) is 0 Å². The van der Waals surface area contributed by atoms with E-state index in [1.807, 2.05) is 12.1 Å². The molecule has 2 aromatic carbocycles. The SMILES string of the molecule is O=C1CC2(CCN(Cc3ccc(F)c(F)c3)CC2)Nc2ccccc2CCN1. The number of carbonyl (C=O) groups excluding carboxylic acids is 1. The topological polar surface area (TPSA) is 44.4 Å². The summed E-state index contributed by atoms with van der Waals surface area (Å²) in [5.74, 6) is -1.55. The van der Waals surface area contributed by atoms with Crippen molar-refractivity contribution < 1.29 is 13.6 Å². The monoisotopic (exact) mass is 385 g/mol. The van der Waals surface area contributed by atoms with E-state index in [2.05, 4.69) is 27.7 Å². The average Bonchev–Trinajstić information content (AvgIpc) is 2.74. The molecule has 4 rings (SSSR count). The Morgan fingerprint density at radius 1 is 1.04 bits per heavy atom. The van der Waals surface area contributed by atoms with Crippen LogP contribution < -0.4 is 10.6 Å². The van der Waals surface area contributed by atoms with Gasteiger partial charge in [-0.3, -0.25) is 9.69 Å². The Kier molecular flexibility index (Phi) is 5.31. The molecule has 1 amide bonds. The van der Waals surface area contributed by atoms with Crippen molar-refractivity contribution in [1.29, 1.82) is 0 Å². The van der Waals surface area contributed by atoms with Gasteiger partial charge in [0, 0.05) is 43.8 Å². The Hall–Kier alpha value is -2.47. The van der Waals surface area contributed by atoms with Gasteiger partial charge in [-0.05, 0) is 48.6 Å².